The highest BCUT2D eigenvalue weighted by molar-refractivity contribution is 5.17. The number of aromatic nitrogens is 3. The Kier molecular flexibility index (Phi) is 3.49. The number of aryl methyl sites for hydroxylation is 2. The molecule has 3 heterocycles. The molecule has 1 aliphatic heterocycles. The van der Waals surface area contributed by atoms with Gasteiger partial charge in [-0.2, -0.15) is 0 Å². The van der Waals surface area contributed by atoms with Crippen LogP contribution >= 0.6 is 0 Å². The molecule has 1 unspecified atom stereocenters. The van der Waals surface area contributed by atoms with Gasteiger partial charge in [-0.15, -0.1) is 0 Å². The SMILES string of the molecule is CCc1ccc(OCC2CCn3ccnc3C2)nc1. The van der Waals surface area contributed by atoms with E-state index in [-0.39, 0.29) is 0 Å². The van der Waals surface area contributed by atoms with Gasteiger partial charge in [0.15, 0.2) is 0 Å². The van der Waals surface area contributed by atoms with Gasteiger partial charge in [-0.05, 0) is 18.4 Å². The molecule has 0 radical (unpaired) electrons. The maximum atomic E-state index is 5.79. The van der Waals surface area contributed by atoms with Crippen LogP contribution in [-0.4, -0.2) is 21.1 Å². The Morgan fingerprint density at radius 1 is 1.37 bits per heavy atom. The van der Waals surface area contributed by atoms with Gasteiger partial charge < -0.3 is 9.30 Å². The third-order valence-corrected chi connectivity index (χ3v) is 3.72. The summed E-state index contributed by atoms with van der Waals surface area (Å²) < 4.78 is 8.02. The van der Waals surface area contributed by atoms with Crippen molar-refractivity contribution < 1.29 is 4.74 Å². The van der Waals surface area contributed by atoms with Crippen LogP contribution in [0.1, 0.15) is 24.7 Å². The Balaban J connectivity index is 1.55. The van der Waals surface area contributed by atoms with Crippen molar-refractivity contribution in [3.63, 3.8) is 0 Å². The summed E-state index contributed by atoms with van der Waals surface area (Å²) >= 11 is 0. The molecule has 0 saturated carbocycles. The summed E-state index contributed by atoms with van der Waals surface area (Å²) in [5.74, 6) is 2.45. The lowest BCUT2D eigenvalue weighted by Crippen LogP contribution is -2.24. The topological polar surface area (TPSA) is 39.9 Å². The third-order valence-electron chi connectivity index (χ3n) is 3.72. The molecule has 4 nitrogen and oxygen atoms in total. The Hall–Kier alpha value is -1.84. The highest BCUT2D eigenvalue weighted by Gasteiger charge is 2.19. The lowest BCUT2D eigenvalue weighted by atomic mass is 9.99. The molecule has 0 aliphatic carbocycles. The van der Waals surface area contributed by atoms with E-state index >= 15 is 0 Å². The number of ether oxygens (including phenoxy) is 1. The van der Waals surface area contributed by atoms with Gasteiger partial charge in [0, 0.05) is 43.5 Å². The molecule has 0 N–H and O–H groups in total. The van der Waals surface area contributed by atoms with Gasteiger partial charge in [-0.1, -0.05) is 13.0 Å². The average molecular weight is 257 g/mol. The van der Waals surface area contributed by atoms with Gasteiger partial charge >= 0.3 is 0 Å². The lowest BCUT2D eigenvalue weighted by molar-refractivity contribution is 0.212. The molecule has 0 fully saturated rings. The molecule has 0 saturated heterocycles. The van der Waals surface area contributed by atoms with Crippen molar-refractivity contribution in [3.8, 4) is 5.88 Å². The fourth-order valence-corrected chi connectivity index (χ4v) is 2.47. The van der Waals surface area contributed by atoms with Crippen LogP contribution in [0, 0.1) is 5.92 Å². The Morgan fingerprint density at radius 3 is 3.11 bits per heavy atom. The van der Waals surface area contributed by atoms with Gasteiger partial charge in [-0.3, -0.25) is 0 Å². The maximum Gasteiger partial charge on any atom is 0.213 e. The van der Waals surface area contributed by atoms with Crippen molar-refractivity contribution in [2.24, 2.45) is 5.92 Å². The van der Waals surface area contributed by atoms with Crippen molar-refractivity contribution in [3.05, 3.63) is 42.1 Å². The molecule has 0 aromatic carbocycles. The second kappa shape index (κ2) is 5.43. The van der Waals surface area contributed by atoms with Crippen molar-refractivity contribution in [1.82, 2.24) is 14.5 Å². The minimum Gasteiger partial charge on any atom is -0.477 e. The standard InChI is InChI=1S/C15H19N3O/c1-2-12-3-4-15(17-10-12)19-11-13-5-7-18-8-6-16-14(18)9-13/h3-4,6,8,10,13H,2,5,7,9,11H2,1H3. The van der Waals surface area contributed by atoms with Crippen molar-refractivity contribution >= 4 is 0 Å². The zero-order chi connectivity index (χ0) is 13.1. The van der Waals surface area contributed by atoms with Gasteiger partial charge in [0.2, 0.25) is 5.88 Å². The highest BCUT2D eigenvalue weighted by Crippen LogP contribution is 2.20. The quantitative estimate of drug-likeness (QED) is 0.844. The van der Waals surface area contributed by atoms with Gasteiger partial charge in [0.25, 0.3) is 0 Å². The summed E-state index contributed by atoms with van der Waals surface area (Å²) in [6, 6.07) is 4.04. The van der Waals surface area contributed by atoms with E-state index in [1.807, 2.05) is 18.5 Å². The van der Waals surface area contributed by atoms with Crippen LogP contribution in [-0.2, 0) is 19.4 Å². The van der Waals surface area contributed by atoms with E-state index in [1.165, 1.54) is 11.4 Å². The second-order valence-electron chi connectivity index (χ2n) is 5.06. The Labute approximate surface area is 113 Å². The van der Waals surface area contributed by atoms with E-state index in [2.05, 4.69) is 33.7 Å². The van der Waals surface area contributed by atoms with E-state index in [4.69, 9.17) is 4.74 Å². The van der Waals surface area contributed by atoms with Crippen LogP contribution in [0.25, 0.3) is 0 Å². The zero-order valence-electron chi connectivity index (χ0n) is 11.2. The maximum absolute atomic E-state index is 5.79. The number of fused-ring (bicyclic) bond motifs is 1. The first-order valence-corrected chi connectivity index (χ1v) is 6.93. The molecular formula is C15H19N3O. The van der Waals surface area contributed by atoms with E-state index in [9.17, 15) is 0 Å². The van der Waals surface area contributed by atoms with E-state index in [1.54, 1.807) is 0 Å². The molecule has 2 aromatic heterocycles. The molecular weight excluding hydrogens is 238 g/mol. The minimum atomic E-state index is 0.544. The molecule has 100 valence electrons. The number of hydrogen-bond acceptors (Lipinski definition) is 3. The molecule has 4 heteroatoms. The first-order valence-electron chi connectivity index (χ1n) is 6.93. The number of hydrogen-bond donors (Lipinski definition) is 0. The fourth-order valence-electron chi connectivity index (χ4n) is 2.47. The van der Waals surface area contributed by atoms with Crippen LogP contribution in [0.5, 0.6) is 5.88 Å². The predicted octanol–water partition coefficient (Wildman–Crippen LogP) is 2.48. The Morgan fingerprint density at radius 2 is 2.32 bits per heavy atom. The molecule has 0 spiro atoms. The molecule has 0 amide bonds. The number of pyridine rings is 1. The van der Waals surface area contributed by atoms with Gasteiger partial charge in [0.1, 0.15) is 5.82 Å². The molecule has 1 aliphatic rings. The summed E-state index contributed by atoms with van der Waals surface area (Å²) in [7, 11) is 0. The van der Waals surface area contributed by atoms with E-state index < -0.39 is 0 Å². The smallest absolute Gasteiger partial charge is 0.213 e. The normalized spacial score (nSPS) is 18.1. The number of imidazole rings is 1. The Bertz CT molecular complexity index is 533. The molecule has 2 aromatic rings. The van der Waals surface area contributed by atoms with E-state index in [0.717, 1.165) is 38.3 Å². The molecule has 1 atom stereocenters. The molecule has 3 rings (SSSR count). The average Bonchev–Trinajstić information content (AvgIpc) is 2.93. The summed E-state index contributed by atoms with van der Waals surface area (Å²) in [6.07, 6.45) is 8.99. The summed E-state index contributed by atoms with van der Waals surface area (Å²) in [4.78, 5) is 8.70. The largest absolute Gasteiger partial charge is 0.477 e. The monoisotopic (exact) mass is 257 g/mol. The van der Waals surface area contributed by atoms with Crippen LogP contribution < -0.4 is 4.74 Å². The van der Waals surface area contributed by atoms with Crippen LogP contribution in [0.4, 0.5) is 0 Å². The van der Waals surface area contributed by atoms with Crippen LogP contribution in [0.3, 0.4) is 0 Å². The zero-order valence-corrected chi connectivity index (χ0v) is 11.2. The summed E-state index contributed by atoms with van der Waals surface area (Å²) in [5, 5.41) is 0. The van der Waals surface area contributed by atoms with E-state index in [0.29, 0.717) is 5.92 Å². The minimum absolute atomic E-state index is 0.544. The van der Waals surface area contributed by atoms with Crippen molar-refractivity contribution in [1.29, 1.82) is 0 Å². The fraction of sp³-hybridized carbons (Fsp3) is 0.467. The second-order valence-corrected chi connectivity index (χ2v) is 5.06. The number of rotatable bonds is 4. The highest BCUT2D eigenvalue weighted by atomic mass is 16.5. The van der Waals surface area contributed by atoms with Gasteiger partial charge in [-0.25, -0.2) is 9.97 Å². The lowest BCUT2D eigenvalue weighted by Gasteiger charge is -2.23. The molecule has 19 heavy (non-hydrogen) atoms. The van der Waals surface area contributed by atoms with Crippen LogP contribution in [0.15, 0.2) is 30.7 Å². The first kappa shape index (κ1) is 12.2. The predicted molar refractivity (Wildman–Crippen MR) is 73.1 cm³/mol. The molecule has 0 bridgehead atoms. The third kappa shape index (κ3) is 2.78. The van der Waals surface area contributed by atoms with Crippen molar-refractivity contribution in [2.75, 3.05) is 6.61 Å². The number of nitrogens with zero attached hydrogens (tertiary/aromatic N) is 3. The van der Waals surface area contributed by atoms with Crippen LogP contribution in [0.2, 0.25) is 0 Å². The summed E-state index contributed by atoms with van der Waals surface area (Å²) in [6.45, 7) is 3.90. The van der Waals surface area contributed by atoms with Crippen molar-refractivity contribution in [2.45, 2.75) is 32.7 Å². The summed E-state index contributed by atoms with van der Waals surface area (Å²) in [5.41, 5.74) is 1.24. The first-order chi connectivity index (χ1) is 9.35. The van der Waals surface area contributed by atoms with Gasteiger partial charge in [0.05, 0.1) is 6.61 Å².